The maximum absolute atomic E-state index is 6.18. The van der Waals surface area contributed by atoms with E-state index in [1.165, 1.54) is 0 Å². The molecule has 0 amide bonds. The van der Waals surface area contributed by atoms with Crippen LogP contribution in [0.15, 0.2) is 70.4 Å². The summed E-state index contributed by atoms with van der Waals surface area (Å²) in [6.45, 7) is 0.405. The van der Waals surface area contributed by atoms with Gasteiger partial charge in [-0.15, -0.1) is 12.4 Å². The topological polar surface area (TPSA) is 109 Å². The number of nitrogens with zero attached hydrogens (tertiary/aromatic N) is 4. The molecule has 0 fully saturated rings. The van der Waals surface area contributed by atoms with Gasteiger partial charge in [-0.2, -0.15) is 20.1 Å². The van der Waals surface area contributed by atoms with Gasteiger partial charge in [-0.1, -0.05) is 29.3 Å². The maximum Gasteiger partial charge on any atom is 0.250 e. The van der Waals surface area contributed by atoms with E-state index >= 15 is 0 Å². The van der Waals surface area contributed by atoms with E-state index < -0.39 is 0 Å². The number of aromatic nitrogens is 3. The van der Waals surface area contributed by atoms with Crippen molar-refractivity contribution in [1.29, 1.82) is 0 Å². The number of furan rings is 1. The van der Waals surface area contributed by atoms with E-state index in [-0.39, 0.29) is 18.4 Å². The van der Waals surface area contributed by atoms with Crippen LogP contribution in [0.3, 0.4) is 0 Å². The summed E-state index contributed by atoms with van der Waals surface area (Å²) in [5.41, 5.74) is 4.27. The number of nitrogens with one attached hydrogen (secondary N) is 3. The molecule has 4 rings (SSSR count). The summed E-state index contributed by atoms with van der Waals surface area (Å²) in [5, 5.41) is 11.5. The van der Waals surface area contributed by atoms with E-state index in [1.807, 2.05) is 36.4 Å². The SMILES string of the molecule is COc1ccc(Nc2nc(NCc3ccco3)nc(N/N=C/c3ccc(Cl)cc3Cl)n2)cc1.Cl. The molecule has 2 aromatic carbocycles. The minimum absolute atomic E-state index is 0. The molecule has 0 atom stereocenters. The molecular weight excluding hydrogens is 501 g/mol. The Morgan fingerprint density at radius 2 is 1.76 bits per heavy atom. The molecule has 0 saturated carbocycles. The Balaban J connectivity index is 0.00000324. The van der Waals surface area contributed by atoms with Gasteiger partial charge in [-0.05, 0) is 48.5 Å². The summed E-state index contributed by atoms with van der Waals surface area (Å²) in [5.74, 6) is 2.36. The average Bonchev–Trinajstić information content (AvgIpc) is 3.33. The predicted molar refractivity (Wildman–Crippen MR) is 137 cm³/mol. The second-order valence-electron chi connectivity index (χ2n) is 6.63. The van der Waals surface area contributed by atoms with Crippen molar-refractivity contribution in [3.05, 3.63) is 82.2 Å². The Kier molecular flexibility index (Phi) is 8.92. The first-order chi connectivity index (χ1) is 16.1. The Labute approximate surface area is 212 Å². The van der Waals surface area contributed by atoms with Crippen molar-refractivity contribution in [2.45, 2.75) is 6.54 Å². The van der Waals surface area contributed by atoms with Crippen LogP contribution in [0, 0.1) is 0 Å². The van der Waals surface area contributed by atoms with Gasteiger partial charge in [-0.25, -0.2) is 5.43 Å². The molecule has 2 heterocycles. The van der Waals surface area contributed by atoms with Gasteiger partial charge < -0.3 is 19.8 Å². The largest absolute Gasteiger partial charge is 0.497 e. The Bertz CT molecular complexity index is 1240. The molecular formula is C22H20Cl3N7O2. The third-order valence-electron chi connectivity index (χ3n) is 4.31. The van der Waals surface area contributed by atoms with Gasteiger partial charge in [0.2, 0.25) is 17.8 Å². The predicted octanol–water partition coefficient (Wildman–Crippen LogP) is 6.00. The fourth-order valence-electron chi connectivity index (χ4n) is 2.71. The van der Waals surface area contributed by atoms with Crippen molar-refractivity contribution in [1.82, 2.24) is 15.0 Å². The summed E-state index contributed by atoms with van der Waals surface area (Å²) in [6, 6.07) is 16.2. The number of anilines is 4. The Morgan fingerprint density at radius 1 is 1.00 bits per heavy atom. The monoisotopic (exact) mass is 519 g/mol. The van der Waals surface area contributed by atoms with E-state index in [2.05, 4.69) is 36.1 Å². The lowest BCUT2D eigenvalue weighted by molar-refractivity contribution is 0.415. The van der Waals surface area contributed by atoms with Crippen LogP contribution < -0.4 is 20.8 Å². The maximum atomic E-state index is 6.18. The fourth-order valence-corrected chi connectivity index (χ4v) is 3.17. The summed E-state index contributed by atoms with van der Waals surface area (Å²) < 4.78 is 10.5. The number of hydrogen-bond donors (Lipinski definition) is 3. The molecule has 0 unspecified atom stereocenters. The molecule has 4 aromatic rings. The van der Waals surface area contributed by atoms with Crippen LogP contribution in [-0.4, -0.2) is 28.3 Å². The highest BCUT2D eigenvalue weighted by molar-refractivity contribution is 6.36. The van der Waals surface area contributed by atoms with Gasteiger partial charge >= 0.3 is 0 Å². The summed E-state index contributed by atoms with van der Waals surface area (Å²) >= 11 is 12.1. The van der Waals surface area contributed by atoms with Gasteiger partial charge in [0.1, 0.15) is 11.5 Å². The molecule has 176 valence electrons. The molecule has 0 saturated heterocycles. The number of halogens is 3. The van der Waals surface area contributed by atoms with Crippen molar-refractivity contribution in [2.75, 3.05) is 23.2 Å². The number of hydrazone groups is 1. The minimum Gasteiger partial charge on any atom is -0.497 e. The lowest BCUT2D eigenvalue weighted by Crippen LogP contribution is -2.09. The molecule has 0 aliphatic rings. The standard InChI is InChI=1S/C22H19Cl2N7O2.ClH/c1-32-17-8-6-16(7-9-17)27-21-28-20(25-13-18-3-2-10-33-18)29-22(30-21)31-26-12-14-4-5-15(23)11-19(14)24;/h2-12H,13H2,1H3,(H3,25,27,28,29,30,31);1H/b26-12+;. The third kappa shape index (κ3) is 6.98. The number of benzene rings is 2. The van der Waals surface area contributed by atoms with Crippen LogP contribution in [0.5, 0.6) is 5.75 Å². The second-order valence-corrected chi connectivity index (χ2v) is 7.47. The van der Waals surface area contributed by atoms with Crippen LogP contribution in [0.4, 0.5) is 23.5 Å². The molecule has 2 aromatic heterocycles. The quantitative estimate of drug-likeness (QED) is 0.182. The molecule has 3 N–H and O–H groups in total. The molecule has 34 heavy (non-hydrogen) atoms. The van der Waals surface area contributed by atoms with Crippen molar-refractivity contribution >= 4 is 65.4 Å². The van der Waals surface area contributed by atoms with Crippen molar-refractivity contribution < 1.29 is 9.15 Å². The summed E-state index contributed by atoms with van der Waals surface area (Å²) in [7, 11) is 1.61. The first kappa shape index (κ1) is 25.1. The van der Waals surface area contributed by atoms with E-state index in [9.17, 15) is 0 Å². The van der Waals surface area contributed by atoms with Crippen molar-refractivity contribution in [3.63, 3.8) is 0 Å². The van der Waals surface area contributed by atoms with Crippen molar-refractivity contribution in [3.8, 4) is 5.75 Å². The highest BCUT2D eigenvalue weighted by Gasteiger charge is 2.08. The number of rotatable bonds is 9. The van der Waals surface area contributed by atoms with Crippen LogP contribution in [0.2, 0.25) is 10.0 Å². The molecule has 0 aliphatic heterocycles. The molecule has 0 bridgehead atoms. The second kappa shape index (κ2) is 12.1. The lowest BCUT2D eigenvalue weighted by Gasteiger charge is -2.10. The molecule has 12 heteroatoms. The average molecular weight is 521 g/mol. The van der Waals surface area contributed by atoms with Crippen LogP contribution in [0.25, 0.3) is 0 Å². The Hall–Kier alpha value is -3.53. The zero-order valence-corrected chi connectivity index (χ0v) is 20.2. The van der Waals surface area contributed by atoms with E-state index in [4.69, 9.17) is 32.4 Å². The summed E-state index contributed by atoms with van der Waals surface area (Å²) in [4.78, 5) is 13.1. The van der Waals surface area contributed by atoms with Crippen molar-refractivity contribution in [2.24, 2.45) is 5.10 Å². The normalized spacial score (nSPS) is 10.6. The Morgan fingerprint density at radius 3 is 2.47 bits per heavy atom. The van der Waals surface area contributed by atoms with Gasteiger partial charge in [0.15, 0.2) is 0 Å². The molecule has 9 nitrogen and oxygen atoms in total. The number of hydrogen-bond acceptors (Lipinski definition) is 9. The number of methoxy groups -OCH3 is 1. The zero-order chi connectivity index (χ0) is 23.0. The smallest absolute Gasteiger partial charge is 0.250 e. The van der Waals surface area contributed by atoms with Gasteiger partial charge in [0, 0.05) is 16.3 Å². The van der Waals surface area contributed by atoms with Gasteiger partial charge in [-0.3, -0.25) is 0 Å². The third-order valence-corrected chi connectivity index (χ3v) is 4.88. The molecule has 0 aliphatic carbocycles. The van der Waals surface area contributed by atoms with E-state index in [0.29, 0.717) is 34.1 Å². The van der Waals surface area contributed by atoms with Crippen LogP contribution in [-0.2, 0) is 6.54 Å². The molecule has 0 spiro atoms. The first-order valence-electron chi connectivity index (χ1n) is 9.76. The lowest BCUT2D eigenvalue weighted by atomic mass is 10.2. The highest BCUT2D eigenvalue weighted by Crippen LogP contribution is 2.21. The van der Waals surface area contributed by atoms with E-state index in [0.717, 1.165) is 17.2 Å². The fraction of sp³-hybridized carbons (Fsp3) is 0.0909. The van der Waals surface area contributed by atoms with E-state index in [1.54, 1.807) is 37.8 Å². The minimum atomic E-state index is 0. The number of ether oxygens (including phenoxy) is 1. The highest BCUT2D eigenvalue weighted by atomic mass is 35.5. The van der Waals surface area contributed by atoms with Gasteiger partial charge in [0.25, 0.3) is 0 Å². The van der Waals surface area contributed by atoms with Gasteiger partial charge in [0.05, 0.1) is 31.2 Å². The van der Waals surface area contributed by atoms with Crippen LogP contribution >= 0.6 is 35.6 Å². The first-order valence-corrected chi connectivity index (χ1v) is 10.5. The molecule has 0 radical (unpaired) electrons. The zero-order valence-electron chi connectivity index (χ0n) is 17.8. The summed E-state index contributed by atoms with van der Waals surface area (Å²) in [6.07, 6.45) is 3.15. The van der Waals surface area contributed by atoms with Crippen LogP contribution in [0.1, 0.15) is 11.3 Å².